The molecule has 112 valence electrons. The number of nitrogens with zero attached hydrogens (tertiary/aromatic N) is 2. The van der Waals surface area contributed by atoms with Crippen LogP contribution >= 0.6 is 0 Å². The topological polar surface area (TPSA) is 55.8 Å². The second kappa shape index (κ2) is 6.42. The smallest absolute Gasteiger partial charge is 0.382 e. The van der Waals surface area contributed by atoms with Crippen molar-refractivity contribution < 1.29 is 23.1 Å². The third kappa shape index (κ3) is 4.87. The van der Waals surface area contributed by atoms with E-state index in [-0.39, 0.29) is 12.1 Å². The maximum atomic E-state index is 12.1. The first-order valence-corrected chi connectivity index (χ1v) is 6.16. The van der Waals surface area contributed by atoms with E-state index in [1.165, 1.54) is 4.90 Å². The number of aliphatic hydroxyl groups is 1. The zero-order valence-corrected chi connectivity index (χ0v) is 11.1. The summed E-state index contributed by atoms with van der Waals surface area (Å²) in [5, 5.41) is 11.6. The number of alkyl halides is 3. The standard InChI is InChI=1S/C11H20F3N3O2/c1-16(2)10(19)17-5-3-8(4-6-17)15-7-9(18)11(12,13)14/h8-9,15,18H,3-7H2,1-2H3. The number of carbonyl (C=O) groups excluding carboxylic acids is 1. The van der Waals surface area contributed by atoms with Gasteiger partial charge in [-0.05, 0) is 12.8 Å². The molecule has 1 saturated heterocycles. The monoisotopic (exact) mass is 283 g/mol. The van der Waals surface area contributed by atoms with Gasteiger partial charge in [0.1, 0.15) is 0 Å². The van der Waals surface area contributed by atoms with Gasteiger partial charge in [0.25, 0.3) is 0 Å². The normalized spacial score (nSPS) is 19.4. The fourth-order valence-electron chi connectivity index (χ4n) is 1.95. The van der Waals surface area contributed by atoms with Crippen molar-refractivity contribution in [3.8, 4) is 0 Å². The molecule has 0 spiro atoms. The molecule has 1 unspecified atom stereocenters. The van der Waals surface area contributed by atoms with Gasteiger partial charge >= 0.3 is 12.2 Å². The Balaban J connectivity index is 2.29. The molecule has 1 aliphatic rings. The van der Waals surface area contributed by atoms with E-state index in [2.05, 4.69) is 5.32 Å². The third-order valence-electron chi connectivity index (χ3n) is 3.13. The molecule has 1 fully saturated rings. The number of nitrogens with one attached hydrogen (secondary N) is 1. The molecule has 1 atom stereocenters. The zero-order chi connectivity index (χ0) is 14.6. The van der Waals surface area contributed by atoms with E-state index in [1.807, 2.05) is 0 Å². The van der Waals surface area contributed by atoms with Crippen LogP contribution in [0.5, 0.6) is 0 Å². The Bertz CT molecular complexity index is 302. The van der Waals surface area contributed by atoms with Gasteiger partial charge in [0.2, 0.25) is 0 Å². The summed E-state index contributed by atoms with van der Waals surface area (Å²) in [6, 6.07) is -0.183. The highest BCUT2D eigenvalue weighted by Gasteiger charge is 2.38. The SMILES string of the molecule is CN(C)C(=O)N1CCC(NCC(O)C(F)(F)F)CC1. The molecule has 5 nitrogen and oxygen atoms in total. The lowest BCUT2D eigenvalue weighted by atomic mass is 10.1. The van der Waals surface area contributed by atoms with Crippen LogP contribution in [-0.2, 0) is 0 Å². The van der Waals surface area contributed by atoms with Gasteiger partial charge in [0, 0.05) is 39.8 Å². The van der Waals surface area contributed by atoms with Gasteiger partial charge < -0.3 is 20.2 Å². The van der Waals surface area contributed by atoms with Crippen molar-refractivity contribution >= 4 is 6.03 Å². The number of piperidine rings is 1. The Kier molecular flexibility index (Phi) is 5.42. The van der Waals surface area contributed by atoms with E-state index in [1.54, 1.807) is 19.0 Å². The fraction of sp³-hybridized carbons (Fsp3) is 0.909. The molecular weight excluding hydrogens is 263 g/mol. The van der Waals surface area contributed by atoms with Gasteiger partial charge in [-0.15, -0.1) is 0 Å². The van der Waals surface area contributed by atoms with E-state index < -0.39 is 18.8 Å². The molecule has 2 N–H and O–H groups in total. The van der Waals surface area contributed by atoms with Gasteiger partial charge in [-0.2, -0.15) is 13.2 Å². The van der Waals surface area contributed by atoms with Crippen LogP contribution in [-0.4, -0.2) is 73.0 Å². The molecule has 1 rings (SSSR count). The number of likely N-dealkylation sites (tertiary alicyclic amines) is 1. The highest BCUT2D eigenvalue weighted by molar-refractivity contribution is 5.73. The summed E-state index contributed by atoms with van der Waals surface area (Å²) >= 11 is 0. The van der Waals surface area contributed by atoms with E-state index in [4.69, 9.17) is 5.11 Å². The number of carbonyl (C=O) groups is 1. The lowest BCUT2D eigenvalue weighted by Crippen LogP contribution is -2.50. The summed E-state index contributed by atoms with van der Waals surface area (Å²) in [4.78, 5) is 14.8. The predicted octanol–water partition coefficient (Wildman–Crippen LogP) is 0.645. The van der Waals surface area contributed by atoms with Gasteiger partial charge in [0.15, 0.2) is 6.10 Å². The summed E-state index contributed by atoms with van der Waals surface area (Å²) in [5.41, 5.74) is 0. The van der Waals surface area contributed by atoms with Gasteiger partial charge in [0.05, 0.1) is 0 Å². The highest BCUT2D eigenvalue weighted by Crippen LogP contribution is 2.20. The second-order valence-electron chi connectivity index (χ2n) is 4.90. The van der Waals surface area contributed by atoms with Crippen molar-refractivity contribution in [3.05, 3.63) is 0 Å². The molecule has 1 aliphatic heterocycles. The molecule has 0 aromatic carbocycles. The van der Waals surface area contributed by atoms with E-state index in [0.29, 0.717) is 25.9 Å². The molecule has 0 aromatic rings. The van der Waals surface area contributed by atoms with Crippen LogP contribution in [0.2, 0.25) is 0 Å². The van der Waals surface area contributed by atoms with Crippen LogP contribution in [0.15, 0.2) is 0 Å². The first kappa shape index (κ1) is 16.0. The zero-order valence-electron chi connectivity index (χ0n) is 11.1. The quantitative estimate of drug-likeness (QED) is 0.799. The molecule has 0 bridgehead atoms. The van der Waals surface area contributed by atoms with Crippen LogP contribution in [0.25, 0.3) is 0 Å². The molecule has 0 radical (unpaired) electrons. The Labute approximate surface area is 110 Å². The molecule has 0 saturated carbocycles. The molecular formula is C11H20F3N3O2. The van der Waals surface area contributed by atoms with Crippen molar-refractivity contribution in [1.82, 2.24) is 15.1 Å². The minimum absolute atomic E-state index is 0.0891. The summed E-state index contributed by atoms with van der Waals surface area (Å²) < 4.78 is 36.3. The molecule has 1 heterocycles. The van der Waals surface area contributed by atoms with Crippen LogP contribution in [0, 0.1) is 0 Å². The van der Waals surface area contributed by atoms with Gasteiger partial charge in [-0.3, -0.25) is 0 Å². The van der Waals surface area contributed by atoms with Crippen molar-refractivity contribution in [1.29, 1.82) is 0 Å². The first-order valence-electron chi connectivity index (χ1n) is 6.16. The molecule has 0 aromatic heterocycles. The minimum Gasteiger partial charge on any atom is -0.382 e. The number of rotatable bonds is 3. The Morgan fingerprint density at radius 1 is 1.42 bits per heavy atom. The summed E-state index contributed by atoms with van der Waals surface area (Å²) in [6.45, 7) is 0.517. The van der Waals surface area contributed by atoms with E-state index >= 15 is 0 Å². The van der Waals surface area contributed by atoms with Gasteiger partial charge in [-0.25, -0.2) is 4.79 Å². The largest absolute Gasteiger partial charge is 0.415 e. The second-order valence-corrected chi connectivity index (χ2v) is 4.90. The predicted molar refractivity (Wildman–Crippen MR) is 63.7 cm³/mol. The lowest BCUT2D eigenvalue weighted by Gasteiger charge is -2.34. The third-order valence-corrected chi connectivity index (χ3v) is 3.13. The number of amides is 2. The average molecular weight is 283 g/mol. The van der Waals surface area contributed by atoms with Crippen molar-refractivity contribution in [2.45, 2.75) is 31.2 Å². The summed E-state index contributed by atoms with van der Waals surface area (Å²) in [6.07, 6.45) is -5.75. The number of urea groups is 1. The van der Waals surface area contributed by atoms with E-state index in [0.717, 1.165) is 0 Å². The van der Waals surface area contributed by atoms with Crippen LogP contribution < -0.4 is 5.32 Å². The molecule has 0 aliphatic carbocycles. The number of hydrogen-bond acceptors (Lipinski definition) is 3. The first-order chi connectivity index (χ1) is 8.71. The lowest BCUT2D eigenvalue weighted by molar-refractivity contribution is -0.202. The van der Waals surface area contributed by atoms with Crippen molar-refractivity contribution in [2.24, 2.45) is 0 Å². The summed E-state index contributed by atoms with van der Waals surface area (Å²) in [7, 11) is 3.32. The molecule has 8 heteroatoms. The molecule has 19 heavy (non-hydrogen) atoms. The maximum Gasteiger partial charge on any atom is 0.415 e. The minimum atomic E-state index is -4.59. The maximum absolute atomic E-state index is 12.1. The Morgan fingerprint density at radius 3 is 2.37 bits per heavy atom. The van der Waals surface area contributed by atoms with E-state index in [9.17, 15) is 18.0 Å². The fourth-order valence-corrected chi connectivity index (χ4v) is 1.95. The highest BCUT2D eigenvalue weighted by atomic mass is 19.4. The van der Waals surface area contributed by atoms with Gasteiger partial charge in [-0.1, -0.05) is 0 Å². The Hall–Kier alpha value is -1.02. The van der Waals surface area contributed by atoms with Crippen LogP contribution in [0.3, 0.4) is 0 Å². The van der Waals surface area contributed by atoms with Crippen LogP contribution in [0.4, 0.5) is 18.0 Å². The number of hydrogen-bond donors (Lipinski definition) is 2. The summed E-state index contributed by atoms with van der Waals surface area (Å²) in [5.74, 6) is 0. The Morgan fingerprint density at radius 2 is 1.95 bits per heavy atom. The van der Waals surface area contributed by atoms with Crippen molar-refractivity contribution in [2.75, 3.05) is 33.7 Å². The molecule has 2 amide bonds. The van der Waals surface area contributed by atoms with Crippen molar-refractivity contribution in [3.63, 3.8) is 0 Å². The average Bonchev–Trinajstić information content (AvgIpc) is 2.34. The van der Waals surface area contributed by atoms with Crippen LogP contribution in [0.1, 0.15) is 12.8 Å². The number of halogens is 3. The number of aliphatic hydroxyl groups excluding tert-OH is 1.